The molecule has 2 aromatic rings. The van der Waals surface area contributed by atoms with Crippen LogP contribution in [0.2, 0.25) is 0 Å². The monoisotopic (exact) mass is 322 g/mol. The van der Waals surface area contributed by atoms with E-state index in [1.54, 1.807) is 37.5 Å². The van der Waals surface area contributed by atoms with Crippen molar-refractivity contribution in [2.24, 2.45) is 12.1 Å². The third kappa shape index (κ3) is 3.41. The van der Waals surface area contributed by atoms with Crippen LogP contribution in [-0.2, 0) is 7.05 Å². The van der Waals surface area contributed by atoms with E-state index in [4.69, 9.17) is 5.11 Å². The van der Waals surface area contributed by atoms with Crippen molar-refractivity contribution in [2.75, 3.05) is 0 Å². The zero-order valence-corrected chi connectivity index (χ0v) is 11.6. The minimum absolute atomic E-state index is 0.179. The third-order valence-corrected chi connectivity index (χ3v) is 2.85. The van der Waals surface area contributed by atoms with Crippen LogP contribution in [-0.4, -0.2) is 27.0 Å². The van der Waals surface area contributed by atoms with Gasteiger partial charge in [0.25, 0.3) is 5.91 Å². The molecule has 0 radical (unpaired) electrons. The number of aryl methyl sites for hydroxylation is 1. The zero-order valence-electron chi connectivity index (χ0n) is 10.0. The van der Waals surface area contributed by atoms with E-state index in [1.807, 2.05) is 0 Å². The summed E-state index contributed by atoms with van der Waals surface area (Å²) in [6.45, 7) is 0. The summed E-state index contributed by atoms with van der Waals surface area (Å²) in [6, 6.07) is 6.44. The zero-order chi connectivity index (χ0) is 13.8. The van der Waals surface area contributed by atoms with Crippen LogP contribution in [0.5, 0.6) is 5.75 Å². The number of hydrazone groups is 1. The lowest BCUT2D eigenvalue weighted by molar-refractivity contribution is 0.0948. The fourth-order valence-electron chi connectivity index (χ4n) is 1.39. The number of nitrogens with zero attached hydrogens (tertiary/aromatic N) is 3. The molecular weight excluding hydrogens is 312 g/mol. The maximum atomic E-state index is 11.8. The smallest absolute Gasteiger partial charge is 0.293 e. The van der Waals surface area contributed by atoms with Gasteiger partial charge in [-0.3, -0.25) is 9.48 Å². The van der Waals surface area contributed by atoms with Gasteiger partial charge >= 0.3 is 0 Å². The molecule has 19 heavy (non-hydrogen) atoms. The van der Waals surface area contributed by atoms with Gasteiger partial charge in [0.05, 0.1) is 10.7 Å². The number of nitrogens with one attached hydrogen (secondary N) is 1. The lowest BCUT2D eigenvalue weighted by Gasteiger charge is -1.97. The maximum absolute atomic E-state index is 11.8. The molecule has 0 aliphatic rings. The number of benzene rings is 1. The van der Waals surface area contributed by atoms with Crippen LogP contribution in [0.3, 0.4) is 0 Å². The van der Waals surface area contributed by atoms with Crippen molar-refractivity contribution < 1.29 is 9.90 Å². The first-order valence-electron chi connectivity index (χ1n) is 5.38. The molecule has 0 unspecified atom stereocenters. The fraction of sp³-hybridized carbons (Fsp3) is 0.0833. The quantitative estimate of drug-likeness (QED) is 0.666. The van der Waals surface area contributed by atoms with Crippen LogP contribution in [0.15, 0.2) is 40.0 Å². The van der Waals surface area contributed by atoms with E-state index in [2.05, 4.69) is 31.6 Å². The van der Waals surface area contributed by atoms with Crippen LogP contribution in [0, 0.1) is 0 Å². The summed E-state index contributed by atoms with van der Waals surface area (Å²) in [4.78, 5) is 11.8. The Morgan fingerprint density at radius 3 is 2.74 bits per heavy atom. The molecule has 1 aromatic heterocycles. The van der Waals surface area contributed by atoms with Crippen molar-refractivity contribution in [3.05, 3.63) is 46.2 Å². The van der Waals surface area contributed by atoms with Gasteiger partial charge < -0.3 is 5.11 Å². The number of hydrogen-bond donors (Lipinski definition) is 2. The Morgan fingerprint density at radius 1 is 1.47 bits per heavy atom. The highest BCUT2D eigenvalue weighted by molar-refractivity contribution is 9.10. The number of halogens is 1. The van der Waals surface area contributed by atoms with E-state index in [1.165, 1.54) is 10.9 Å². The summed E-state index contributed by atoms with van der Waals surface area (Å²) >= 11 is 3.24. The standard InChI is InChI=1S/C12H11BrN4O2/c1-17-7-10(13)11(16-17)12(19)15-14-6-8-2-4-9(18)5-3-8/h2-7,18H,1H3,(H,15,19)/b14-6-. The molecule has 1 aromatic carbocycles. The van der Waals surface area contributed by atoms with Gasteiger partial charge in [-0.15, -0.1) is 0 Å². The van der Waals surface area contributed by atoms with Gasteiger partial charge in [-0.2, -0.15) is 10.2 Å². The Balaban J connectivity index is 2.00. The van der Waals surface area contributed by atoms with E-state index in [-0.39, 0.29) is 11.4 Å². The van der Waals surface area contributed by atoms with Gasteiger partial charge in [0.1, 0.15) is 5.75 Å². The highest BCUT2D eigenvalue weighted by atomic mass is 79.9. The third-order valence-electron chi connectivity index (χ3n) is 2.27. The van der Waals surface area contributed by atoms with Crippen molar-refractivity contribution in [2.45, 2.75) is 0 Å². The highest BCUT2D eigenvalue weighted by Crippen LogP contribution is 2.13. The summed E-state index contributed by atoms with van der Waals surface area (Å²) in [7, 11) is 1.72. The van der Waals surface area contributed by atoms with E-state index >= 15 is 0 Å². The Morgan fingerprint density at radius 2 is 2.16 bits per heavy atom. The molecule has 0 aliphatic heterocycles. The van der Waals surface area contributed by atoms with Gasteiger partial charge in [-0.05, 0) is 45.8 Å². The van der Waals surface area contributed by atoms with Gasteiger partial charge in [-0.25, -0.2) is 5.43 Å². The summed E-state index contributed by atoms with van der Waals surface area (Å²) in [5.74, 6) is -0.221. The molecule has 0 aliphatic carbocycles. The van der Waals surface area contributed by atoms with Crippen LogP contribution in [0.25, 0.3) is 0 Å². The SMILES string of the molecule is Cn1cc(Br)c(C(=O)N/N=C\c2ccc(O)cc2)n1. The molecule has 0 saturated carbocycles. The Hall–Kier alpha value is -2.15. The van der Waals surface area contributed by atoms with Gasteiger partial charge in [0.15, 0.2) is 5.69 Å². The number of carbonyl (C=O) groups is 1. The number of aromatic hydroxyl groups is 1. The summed E-state index contributed by atoms with van der Waals surface area (Å²) in [5.41, 5.74) is 3.41. The number of phenols is 1. The molecule has 6 nitrogen and oxygen atoms in total. The van der Waals surface area contributed by atoms with Crippen molar-refractivity contribution in [1.82, 2.24) is 15.2 Å². The first-order valence-corrected chi connectivity index (χ1v) is 6.17. The second kappa shape index (κ2) is 5.66. The second-order valence-electron chi connectivity index (χ2n) is 3.79. The minimum Gasteiger partial charge on any atom is -0.508 e. The molecule has 98 valence electrons. The van der Waals surface area contributed by atoms with Crippen LogP contribution < -0.4 is 5.43 Å². The molecule has 1 amide bonds. The van der Waals surface area contributed by atoms with E-state index in [9.17, 15) is 4.79 Å². The van der Waals surface area contributed by atoms with Gasteiger partial charge in [0.2, 0.25) is 0 Å². The molecule has 0 fully saturated rings. The number of phenolic OH excluding ortho intramolecular Hbond substituents is 1. The number of hydrogen-bond acceptors (Lipinski definition) is 4. The van der Waals surface area contributed by atoms with E-state index in [0.717, 1.165) is 5.56 Å². The predicted molar refractivity (Wildman–Crippen MR) is 74.1 cm³/mol. The number of carbonyl (C=O) groups excluding carboxylic acids is 1. The first-order chi connectivity index (χ1) is 9.06. The molecule has 1 heterocycles. The number of rotatable bonds is 3. The maximum Gasteiger partial charge on any atom is 0.293 e. The van der Waals surface area contributed by atoms with Crippen LogP contribution in [0.4, 0.5) is 0 Å². The Bertz CT molecular complexity index is 619. The minimum atomic E-state index is -0.400. The molecule has 2 N–H and O–H groups in total. The van der Waals surface area contributed by atoms with Crippen molar-refractivity contribution in [3.63, 3.8) is 0 Å². The molecule has 0 saturated heterocycles. The number of amides is 1. The van der Waals surface area contributed by atoms with Crippen LogP contribution in [0.1, 0.15) is 16.1 Å². The van der Waals surface area contributed by atoms with E-state index < -0.39 is 5.91 Å². The predicted octanol–water partition coefficient (Wildman–Crippen LogP) is 1.65. The lowest BCUT2D eigenvalue weighted by Crippen LogP contribution is -2.18. The molecule has 7 heteroatoms. The van der Waals surface area contributed by atoms with Crippen molar-refractivity contribution >= 4 is 28.1 Å². The summed E-state index contributed by atoms with van der Waals surface area (Å²) < 4.78 is 2.13. The molecule has 0 atom stereocenters. The average molecular weight is 323 g/mol. The molecular formula is C12H11BrN4O2. The molecule has 2 rings (SSSR count). The van der Waals surface area contributed by atoms with Crippen molar-refractivity contribution in [1.29, 1.82) is 0 Å². The lowest BCUT2D eigenvalue weighted by atomic mass is 10.2. The molecule has 0 bridgehead atoms. The summed E-state index contributed by atoms with van der Waals surface area (Å²) in [5, 5.41) is 16.9. The number of aromatic nitrogens is 2. The fourth-order valence-corrected chi connectivity index (χ4v) is 1.95. The van der Waals surface area contributed by atoms with Gasteiger partial charge in [0, 0.05) is 13.2 Å². The summed E-state index contributed by atoms with van der Waals surface area (Å²) in [6.07, 6.45) is 3.16. The van der Waals surface area contributed by atoms with Gasteiger partial charge in [-0.1, -0.05) is 0 Å². The van der Waals surface area contributed by atoms with Crippen LogP contribution >= 0.6 is 15.9 Å². The largest absolute Gasteiger partial charge is 0.508 e. The molecule has 0 spiro atoms. The Kier molecular flexibility index (Phi) is 3.96. The average Bonchev–Trinajstić information content (AvgIpc) is 2.71. The highest BCUT2D eigenvalue weighted by Gasteiger charge is 2.13. The van der Waals surface area contributed by atoms with Crippen molar-refractivity contribution in [3.8, 4) is 5.75 Å². The normalized spacial score (nSPS) is 10.8. The van der Waals surface area contributed by atoms with E-state index in [0.29, 0.717) is 4.47 Å². The topological polar surface area (TPSA) is 79.5 Å². The second-order valence-corrected chi connectivity index (χ2v) is 4.64. The Labute approximate surface area is 117 Å². The first kappa shape index (κ1) is 13.3.